The number of hydrogen-bond acceptors (Lipinski definition) is 3. The smallest absolute Gasteiger partial charge is 0.268 e. The maximum Gasteiger partial charge on any atom is 0.271 e. The van der Waals surface area contributed by atoms with Crippen LogP contribution >= 0.6 is 23.4 Å². The monoisotopic (exact) mass is 436 g/mol. The summed E-state index contributed by atoms with van der Waals surface area (Å²) in [7, 11) is 0. The van der Waals surface area contributed by atoms with Crippen LogP contribution < -0.4 is 4.90 Å². The fraction of sp³-hybridized carbons (Fsp3) is 0.0833. The number of carbonyl (C=O) groups is 1. The number of aliphatic imine (C=N–C) groups is 1. The van der Waals surface area contributed by atoms with Crippen LogP contribution in [0.15, 0.2) is 76.6 Å². The molecule has 150 valence electrons. The van der Waals surface area contributed by atoms with Gasteiger partial charge in [-0.2, -0.15) is 0 Å². The normalized spacial score (nSPS) is 16.7. The zero-order valence-electron chi connectivity index (χ0n) is 16.4. The molecule has 0 N–H and O–H groups in total. The molecule has 1 amide bonds. The van der Waals surface area contributed by atoms with Crippen LogP contribution in [0, 0.1) is 19.7 Å². The zero-order chi connectivity index (χ0) is 21.3. The summed E-state index contributed by atoms with van der Waals surface area (Å²) in [4.78, 5) is 20.1. The number of anilines is 1. The summed E-state index contributed by atoms with van der Waals surface area (Å²) in [6.45, 7) is 3.91. The standard InChI is InChI=1S/C24H18ClFN2OS/c1-15-8-3-5-12-20(15)27-24-28(21-13-6-4-9-16(21)2)23(29)22(30-24)14-17-18(25)10-7-11-19(17)26/h3-14H,1-2H3/b22-14-,27-24?. The van der Waals surface area contributed by atoms with Crippen molar-refractivity contribution in [1.29, 1.82) is 0 Å². The molecular weight excluding hydrogens is 419 g/mol. The van der Waals surface area contributed by atoms with E-state index in [-0.39, 0.29) is 16.5 Å². The van der Waals surface area contributed by atoms with Crippen molar-refractivity contribution in [2.24, 2.45) is 4.99 Å². The first kappa shape index (κ1) is 20.4. The van der Waals surface area contributed by atoms with E-state index in [2.05, 4.69) is 0 Å². The van der Waals surface area contributed by atoms with E-state index in [9.17, 15) is 9.18 Å². The minimum absolute atomic E-state index is 0.192. The average Bonchev–Trinajstić information content (AvgIpc) is 3.02. The first-order valence-electron chi connectivity index (χ1n) is 9.33. The van der Waals surface area contributed by atoms with E-state index in [1.54, 1.807) is 11.0 Å². The van der Waals surface area contributed by atoms with Gasteiger partial charge in [0.05, 0.1) is 21.3 Å². The zero-order valence-corrected chi connectivity index (χ0v) is 18.0. The number of nitrogens with zero attached hydrogens (tertiary/aromatic N) is 2. The molecule has 6 heteroatoms. The molecule has 0 unspecified atom stereocenters. The number of benzene rings is 3. The van der Waals surface area contributed by atoms with Crippen molar-refractivity contribution in [2.75, 3.05) is 4.90 Å². The molecule has 4 rings (SSSR count). The largest absolute Gasteiger partial charge is 0.271 e. The summed E-state index contributed by atoms with van der Waals surface area (Å²) in [5.41, 5.74) is 3.64. The highest BCUT2D eigenvalue weighted by molar-refractivity contribution is 8.19. The lowest BCUT2D eigenvalue weighted by atomic mass is 10.1. The van der Waals surface area contributed by atoms with E-state index in [0.29, 0.717) is 10.1 Å². The summed E-state index contributed by atoms with van der Waals surface area (Å²) >= 11 is 7.38. The van der Waals surface area contributed by atoms with Crippen LogP contribution in [0.5, 0.6) is 0 Å². The Balaban J connectivity index is 1.86. The van der Waals surface area contributed by atoms with Gasteiger partial charge in [-0.05, 0) is 67.1 Å². The lowest BCUT2D eigenvalue weighted by molar-refractivity contribution is -0.113. The number of amidine groups is 1. The van der Waals surface area contributed by atoms with Crippen LogP contribution in [0.1, 0.15) is 16.7 Å². The quantitative estimate of drug-likeness (QED) is 0.418. The summed E-state index contributed by atoms with van der Waals surface area (Å²) in [5.74, 6) is -0.740. The highest BCUT2D eigenvalue weighted by Crippen LogP contribution is 2.39. The van der Waals surface area contributed by atoms with Gasteiger partial charge in [0, 0.05) is 5.56 Å². The van der Waals surface area contributed by atoms with Gasteiger partial charge in [0.1, 0.15) is 5.82 Å². The van der Waals surface area contributed by atoms with Gasteiger partial charge in [-0.1, -0.05) is 54.1 Å². The van der Waals surface area contributed by atoms with Gasteiger partial charge in [0.2, 0.25) is 0 Å². The molecule has 30 heavy (non-hydrogen) atoms. The SMILES string of the molecule is Cc1ccccc1N=C1S/C(=C\c2c(F)cccc2Cl)C(=O)N1c1ccccc1C. The van der Waals surface area contributed by atoms with Gasteiger partial charge < -0.3 is 0 Å². The minimum atomic E-state index is -0.477. The highest BCUT2D eigenvalue weighted by atomic mass is 35.5. The third-order valence-electron chi connectivity index (χ3n) is 4.77. The van der Waals surface area contributed by atoms with Crippen molar-refractivity contribution < 1.29 is 9.18 Å². The van der Waals surface area contributed by atoms with Gasteiger partial charge in [-0.25, -0.2) is 9.38 Å². The first-order valence-corrected chi connectivity index (χ1v) is 10.5. The minimum Gasteiger partial charge on any atom is -0.268 e. The molecule has 3 aromatic carbocycles. The summed E-state index contributed by atoms with van der Waals surface area (Å²) in [6, 6.07) is 19.8. The predicted molar refractivity (Wildman–Crippen MR) is 124 cm³/mol. The molecule has 3 aromatic rings. The Morgan fingerprint density at radius 2 is 1.67 bits per heavy atom. The van der Waals surface area contributed by atoms with Crippen molar-refractivity contribution in [3.05, 3.63) is 99.2 Å². The molecule has 1 saturated heterocycles. The number of para-hydroxylation sites is 2. The number of rotatable bonds is 3. The Morgan fingerprint density at radius 3 is 2.37 bits per heavy atom. The molecule has 0 aliphatic carbocycles. The Hall–Kier alpha value is -2.89. The van der Waals surface area contributed by atoms with Crippen LogP contribution in [-0.4, -0.2) is 11.1 Å². The van der Waals surface area contributed by atoms with Crippen LogP contribution in [0.25, 0.3) is 6.08 Å². The first-order chi connectivity index (χ1) is 14.5. The highest BCUT2D eigenvalue weighted by Gasteiger charge is 2.35. The van der Waals surface area contributed by atoms with Gasteiger partial charge in [0.25, 0.3) is 5.91 Å². The molecule has 0 atom stereocenters. The Bertz CT molecular complexity index is 1190. The van der Waals surface area contributed by atoms with E-state index in [4.69, 9.17) is 16.6 Å². The van der Waals surface area contributed by atoms with Crippen LogP contribution in [0.2, 0.25) is 5.02 Å². The van der Waals surface area contributed by atoms with Crippen molar-refractivity contribution in [2.45, 2.75) is 13.8 Å². The van der Waals surface area contributed by atoms with Crippen molar-refractivity contribution in [3.63, 3.8) is 0 Å². The molecule has 1 aliphatic rings. The lowest BCUT2D eigenvalue weighted by Gasteiger charge is -2.18. The van der Waals surface area contributed by atoms with Gasteiger partial charge in [0.15, 0.2) is 5.17 Å². The van der Waals surface area contributed by atoms with Crippen LogP contribution in [-0.2, 0) is 4.79 Å². The number of thioether (sulfide) groups is 1. The number of carbonyl (C=O) groups excluding carboxylic acids is 1. The second-order valence-corrected chi connectivity index (χ2v) is 8.27. The molecule has 0 aromatic heterocycles. The Labute approximate surface area is 183 Å². The predicted octanol–water partition coefficient (Wildman–Crippen LogP) is 6.90. The van der Waals surface area contributed by atoms with Gasteiger partial charge in [-0.15, -0.1) is 0 Å². The maximum atomic E-state index is 14.3. The van der Waals surface area contributed by atoms with Crippen molar-refractivity contribution >= 4 is 51.9 Å². The van der Waals surface area contributed by atoms with E-state index >= 15 is 0 Å². The fourth-order valence-corrected chi connectivity index (χ4v) is 4.33. The lowest BCUT2D eigenvalue weighted by Crippen LogP contribution is -2.29. The Morgan fingerprint density at radius 1 is 0.967 bits per heavy atom. The van der Waals surface area contributed by atoms with E-state index in [1.165, 1.54) is 30.0 Å². The molecule has 1 heterocycles. The van der Waals surface area contributed by atoms with Crippen LogP contribution in [0.4, 0.5) is 15.8 Å². The average molecular weight is 437 g/mol. The maximum absolute atomic E-state index is 14.3. The third kappa shape index (κ3) is 3.91. The fourth-order valence-electron chi connectivity index (χ4n) is 3.15. The summed E-state index contributed by atoms with van der Waals surface area (Å²) < 4.78 is 14.3. The Kier molecular flexibility index (Phi) is 5.75. The molecule has 0 radical (unpaired) electrons. The molecule has 0 spiro atoms. The van der Waals surface area contributed by atoms with Crippen LogP contribution in [0.3, 0.4) is 0 Å². The van der Waals surface area contributed by atoms with Crippen molar-refractivity contribution in [1.82, 2.24) is 0 Å². The van der Waals surface area contributed by atoms with Gasteiger partial charge in [-0.3, -0.25) is 9.69 Å². The number of hydrogen-bond donors (Lipinski definition) is 0. The van der Waals surface area contributed by atoms with E-state index < -0.39 is 5.82 Å². The topological polar surface area (TPSA) is 32.7 Å². The van der Waals surface area contributed by atoms with E-state index in [0.717, 1.165) is 22.5 Å². The molecule has 1 fully saturated rings. The third-order valence-corrected chi connectivity index (χ3v) is 6.07. The molecular formula is C24H18ClFN2OS. The van der Waals surface area contributed by atoms with E-state index in [1.807, 2.05) is 62.4 Å². The molecule has 1 aliphatic heterocycles. The summed E-state index contributed by atoms with van der Waals surface area (Å²) in [6.07, 6.45) is 1.50. The number of aryl methyl sites for hydroxylation is 2. The van der Waals surface area contributed by atoms with Crippen molar-refractivity contribution in [3.8, 4) is 0 Å². The second kappa shape index (κ2) is 8.46. The molecule has 0 bridgehead atoms. The molecule has 0 saturated carbocycles. The summed E-state index contributed by atoms with van der Waals surface area (Å²) in [5, 5.41) is 0.768. The second-order valence-electron chi connectivity index (χ2n) is 6.85. The number of amides is 1. The van der Waals surface area contributed by atoms with Gasteiger partial charge >= 0.3 is 0 Å². The molecule has 3 nitrogen and oxygen atoms in total. The number of halogens is 2.